The number of carbonyl (C=O) groups is 1. The van der Waals surface area contributed by atoms with Crippen LogP contribution >= 0.6 is 0 Å². The van der Waals surface area contributed by atoms with Gasteiger partial charge in [0.25, 0.3) is 0 Å². The van der Waals surface area contributed by atoms with Gasteiger partial charge in [0.2, 0.25) is 5.88 Å². The normalized spacial score (nSPS) is 11.8. The number of aliphatic imine (C=N–C) groups is 1. The molecule has 3 rings (SSSR count). The smallest absolute Gasteiger partial charge is 0.416 e. The third kappa shape index (κ3) is 5.12. The first kappa shape index (κ1) is 25.0. The second kappa shape index (κ2) is 9.89. The molecule has 3 aromatic rings. The maximum Gasteiger partial charge on any atom is 0.416 e. The summed E-state index contributed by atoms with van der Waals surface area (Å²) in [5.74, 6) is -0.813. The molecule has 0 fully saturated rings. The van der Waals surface area contributed by atoms with E-state index in [4.69, 9.17) is 0 Å². The summed E-state index contributed by atoms with van der Waals surface area (Å²) >= 11 is 0. The molecule has 172 valence electrons. The van der Waals surface area contributed by atoms with Crippen molar-refractivity contribution in [2.24, 2.45) is 4.99 Å². The summed E-state index contributed by atoms with van der Waals surface area (Å²) in [6, 6.07) is 8.75. The Morgan fingerprint density at radius 3 is 2.22 bits per heavy atom. The summed E-state index contributed by atoms with van der Waals surface area (Å²) in [6.45, 7) is 9.05. The van der Waals surface area contributed by atoms with Crippen molar-refractivity contribution in [3.05, 3.63) is 58.7 Å². The predicted molar refractivity (Wildman–Crippen MR) is 120 cm³/mol. The Balaban J connectivity index is 0.00000176. The molecule has 5 nitrogen and oxygen atoms in total. The number of methoxy groups -OCH3 is 1. The second-order valence-corrected chi connectivity index (χ2v) is 7.09. The molecule has 0 aliphatic carbocycles. The van der Waals surface area contributed by atoms with Gasteiger partial charge in [0.15, 0.2) is 0 Å². The van der Waals surface area contributed by atoms with Crippen LogP contribution in [0.15, 0.2) is 41.4 Å². The minimum absolute atomic E-state index is 0.190. The molecule has 0 spiro atoms. The fraction of sp³-hybridized carbons (Fsp3) is 0.333. The van der Waals surface area contributed by atoms with Gasteiger partial charge in [-0.1, -0.05) is 26.0 Å². The van der Waals surface area contributed by atoms with E-state index in [1.165, 1.54) is 17.7 Å². The Morgan fingerprint density at radius 2 is 1.69 bits per heavy atom. The fourth-order valence-corrected chi connectivity index (χ4v) is 3.48. The van der Waals surface area contributed by atoms with Crippen LogP contribution in [0.1, 0.15) is 43.0 Å². The van der Waals surface area contributed by atoms with Crippen molar-refractivity contribution in [3.8, 4) is 11.6 Å². The van der Waals surface area contributed by atoms with Crippen LogP contribution in [-0.4, -0.2) is 35.0 Å². The van der Waals surface area contributed by atoms with Crippen molar-refractivity contribution in [3.63, 3.8) is 0 Å². The molecule has 0 saturated heterocycles. The average Bonchev–Trinajstić information content (AvgIpc) is 3.02. The first-order chi connectivity index (χ1) is 15.0. The molecule has 0 amide bonds. The summed E-state index contributed by atoms with van der Waals surface area (Å²) in [7, 11) is 1.23. The van der Waals surface area contributed by atoms with Crippen molar-refractivity contribution in [2.75, 3.05) is 13.7 Å². The lowest BCUT2D eigenvalue weighted by Gasteiger charge is -2.11. The van der Waals surface area contributed by atoms with E-state index in [0.29, 0.717) is 16.8 Å². The van der Waals surface area contributed by atoms with Gasteiger partial charge in [0.05, 0.1) is 23.8 Å². The van der Waals surface area contributed by atoms with Crippen molar-refractivity contribution in [2.45, 2.75) is 40.8 Å². The van der Waals surface area contributed by atoms with Crippen LogP contribution in [0.25, 0.3) is 16.6 Å². The van der Waals surface area contributed by atoms with E-state index < -0.39 is 17.7 Å². The van der Waals surface area contributed by atoms with Crippen LogP contribution in [0.4, 0.5) is 13.2 Å². The number of hydrogen-bond donors (Lipinski definition) is 1. The van der Waals surface area contributed by atoms with E-state index in [-0.39, 0.29) is 23.5 Å². The molecular weight excluding hydrogens is 421 g/mol. The summed E-state index contributed by atoms with van der Waals surface area (Å²) < 4.78 is 46.0. The number of aromatic hydroxyl groups is 1. The van der Waals surface area contributed by atoms with E-state index in [1.54, 1.807) is 19.1 Å². The highest BCUT2D eigenvalue weighted by atomic mass is 19.4. The van der Waals surface area contributed by atoms with Crippen LogP contribution in [0.3, 0.4) is 0 Å². The number of fused-ring (bicyclic) bond motifs is 1. The van der Waals surface area contributed by atoms with Gasteiger partial charge < -0.3 is 9.84 Å². The van der Waals surface area contributed by atoms with Gasteiger partial charge in [-0.3, -0.25) is 14.4 Å². The largest absolute Gasteiger partial charge is 0.494 e. The Bertz CT molecular complexity index is 1140. The van der Waals surface area contributed by atoms with Gasteiger partial charge in [-0.2, -0.15) is 13.2 Å². The molecule has 0 bridgehead atoms. The van der Waals surface area contributed by atoms with Gasteiger partial charge in [0.1, 0.15) is 6.54 Å². The first-order valence-electron chi connectivity index (χ1n) is 10.1. The lowest BCUT2D eigenvalue weighted by molar-refractivity contribution is -0.139. The van der Waals surface area contributed by atoms with Gasteiger partial charge >= 0.3 is 12.1 Å². The number of ether oxygens (including phenoxy) is 1. The highest BCUT2D eigenvalue weighted by molar-refractivity contribution is 6.13. The zero-order valence-corrected chi connectivity index (χ0v) is 19.0. The Kier molecular flexibility index (Phi) is 7.72. The molecule has 0 radical (unpaired) electrons. The summed E-state index contributed by atoms with van der Waals surface area (Å²) in [6.07, 6.45) is -4.53. The number of esters is 1. The average molecular weight is 448 g/mol. The first-order valence-corrected chi connectivity index (χ1v) is 10.1. The zero-order chi connectivity index (χ0) is 24.2. The zero-order valence-electron chi connectivity index (χ0n) is 19.0. The van der Waals surface area contributed by atoms with Gasteiger partial charge in [-0.05, 0) is 56.2 Å². The molecule has 32 heavy (non-hydrogen) atoms. The van der Waals surface area contributed by atoms with E-state index in [9.17, 15) is 23.1 Å². The second-order valence-electron chi connectivity index (χ2n) is 7.09. The van der Waals surface area contributed by atoms with E-state index >= 15 is 0 Å². The summed E-state index contributed by atoms with van der Waals surface area (Å²) in [4.78, 5) is 15.6. The number of carbonyl (C=O) groups excluding carboxylic acids is 1. The maximum absolute atomic E-state index is 13.3. The summed E-state index contributed by atoms with van der Waals surface area (Å²) in [5.41, 5.74) is 2.27. The van der Waals surface area contributed by atoms with E-state index in [2.05, 4.69) is 9.73 Å². The molecule has 0 unspecified atom stereocenters. The number of halogens is 3. The van der Waals surface area contributed by atoms with Crippen molar-refractivity contribution in [1.82, 2.24) is 4.57 Å². The number of hydrogen-bond acceptors (Lipinski definition) is 4. The molecule has 0 aliphatic heterocycles. The number of benzene rings is 2. The fourth-order valence-electron chi connectivity index (χ4n) is 3.48. The van der Waals surface area contributed by atoms with E-state index in [1.807, 2.05) is 33.8 Å². The molecule has 0 aliphatic rings. The van der Waals surface area contributed by atoms with Crippen LogP contribution in [0, 0.1) is 13.8 Å². The van der Waals surface area contributed by atoms with Crippen molar-refractivity contribution in [1.29, 1.82) is 0 Å². The van der Waals surface area contributed by atoms with Crippen LogP contribution in [0.2, 0.25) is 0 Å². The topological polar surface area (TPSA) is 63.8 Å². The molecule has 8 heteroatoms. The number of aromatic nitrogens is 1. The lowest BCUT2D eigenvalue weighted by atomic mass is 10.1. The molecular formula is C24H27F3N2O3. The quantitative estimate of drug-likeness (QED) is 0.394. The summed E-state index contributed by atoms with van der Waals surface area (Å²) in [5, 5.41) is 11.4. The van der Waals surface area contributed by atoms with Gasteiger partial charge in [-0.15, -0.1) is 0 Å². The number of rotatable bonds is 4. The third-order valence-corrected chi connectivity index (χ3v) is 4.77. The predicted octanol–water partition coefficient (Wildman–Crippen LogP) is 5.98. The molecule has 1 aromatic heterocycles. The van der Waals surface area contributed by atoms with E-state index in [0.717, 1.165) is 23.3 Å². The van der Waals surface area contributed by atoms with Crippen LogP contribution in [-0.2, 0) is 15.7 Å². The maximum atomic E-state index is 13.3. The highest BCUT2D eigenvalue weighted by Crippen LogP contribution is 2.39. The molecule has 2 aromatic carbocycles. The Morgan fingerprint density at radius 1 is 1.09 bits per heavy atom. The van der Waals surface area contributed by atoms with Crippen molar-refractivity contribution < 1.29 is 27.8 Å². The monoisotopic (exact) mass is 448 g/mol. The minimum Gasteiger partial charge on any atom is -0.494 e. The minimum atomic E-state index is -4.53. The van der Waals surface area contributed by atoms with Gasteiger partial charge in [0, 0.05) is 16.8 Å². The molecule has 1 heterocycles. The standard InChI is InChI=1S/C22H21F3N2O3.C2H6/c1-12-7-13(2)9-16(8-12)27-18-10-15(22(23,24)25)5-6-17(18)20(21(27)29)14(3)26-11-19(28)30-4;1-2/h5-10,29H,11H2,1-4H3;1-2H3. The Hall–Kier alpha value is -3.29. The molecule has 1 N–H and O–H groups in total. The molecule has 0 atom stereocenters. The molecule has 0 saturated carbocycles. The SMILES string of the molecule is CC.COC(=O)CN=C(C)c1c(O)n(-c2cc(C)cc(C)c2)c2cc(C(F)(F)F)ccc12. The Labute approximate surface area is 185 Å². The van der Waals surface area contributed by atoms with Crippen LogP contribution in [0.5, 0.6) is 5.88 Å². The van der Waals surface area contributed by atoms with Crippen LogP contribution < -0.4 is 0 Å². The number of aryl methyl sites for hydroxylation is 2. The lowest BCUT2D eigenvalue weighted by Crippen LogP contribution is -2.07. The number of nitrogens with zero attached hydrogens (tertiary/aromatic N) is 2. The number of alkyl halides is 3. The third-order valence-electron chi connectivity index (χ3n) is 4.77. The van der Waals surface area contributed by atoms with Gasteiger partial charge in [-0.25, -0.2) is 0 Å². The highest BCUT2D eigenvalue weighted by Gasteiger charge is 2.32. The van der Waals surface area contributed by atoms with Crippen molar-refractivity contribution >= 4 is 22.6 Å².